The Hall–Kier alpha value is -0.950. The van der Waals surface area contributed by atoms with Crippen LogP contribution in [0.2, 0.25) is 0 Å². The molecular weight excluding hydrogens is 200 g/mol. The molecule has 0 unspecified atom stereocenters. The predicted octanol–water partition coefficient (Wildman–Crippen LogP) is -1.51. The Balaban J connectivity index is 2.49. The van der Waals surface area contributed by atoms with E-state index in [0.29, 0.717) is 5.69 Å². The van der Waals surface area contributed by atoms with Gasteiger partial charge < -0.3 is 25.0 Å². The van der Waals surface area contributed by atoms with Gasteiger partial charge >= 0.3 is 0 Å². The highest BCUT2D eigenvalue weighted by molar-refractivity contribution is 5.13. The van der Waals surface area contributed by atoms with Crippen LogP contribution in [0.25, 0.3) is 0 Å². The number of hydrogen-bond acceptors (Lipinski definition) is 5. The monoisotopic (exact) mass is 214 g/mol. The zero-order valence-corrected chi connectivity index (χ0v) is 8.28. The van der Waals surface area contributed by atoms with Crippen LogP contribution in [0.4, 0.5) is 0 Å². The maximum atomic E-state index is 9.65. The van der Waals surface area contributed by atoms with E-state index in [1.54, 1.807) is 13.1 Å². The first-order valence-electron chi connectivity index (χ1n) is 4.76. The summed E-state index contributed by atoms with van der Waals surface area (Å²) in [5, 5.41) is 38.0. The van der Waals surface area contributed by atoms with Crippen LogP contribution in [0.5, 0.6) is 0 Å². The van der Waals surface area contributed by atoms with Gasteiger partial charge in [0, 0.05) is 6.20 Å². The molecule has 84 valence electrons. The molecule has 1 aromatic rings. The van der Waals surface area contributed by atoms with Gasteiger partial charge in [-0.25, -0.2) is 4.98 Å². The van der Waals surface area contributed by atoms with E-state index in [0.717, 1.165) is 0 Å². The summed E-state index contributed by atoms with van der Waals surface area (Å²) < 4.78 is 1.51. The van der Waals surface area contributed by atoms with Crippen molar-refractivity contribution < 1.29 is 20.4 Å². The van der Waals surface area contributed by atoms with Crippen molar-refractivity contribution in [3.63, 3.8) is 0 Å². The smallest absolute Gasteiger partial charge is 0.141 e. The Morgan fingerprint density at radius 2 is 2.00 bits per heavy atom. The first-order valence-corrected chi connectivity index (χ1v) is 4.76. The molecule has 0 saturated carbocycles. The van der Waals surface area contributed by atoms with Crippen LogP contribution in [0.15, 0.2) is 6.20 Å². The van der Waals surface area contributed by atoms with Gasteiger partial charge in [-0.15, -0.1) is 0 Å². The van der Waals surface area contributed by atoms with Crippen LogP contribution in [-0.4, -0.2) is 48.8 Å². The van der Waals surface area contributed by atoms with E-state index in [4.69, 9.17) is 5.11 Å². The summed E-state index contributed by atoms with van der Waals surface area (Å²) in [6.07, 6.45) is -2.08. The third-order valence-electron chi connectivity index (χ3n) is 2.76. The van der Waals surface area contributed by atoms with E-state index in [2.05, 4.69) is 4.98 Å². The number of aliphatic hydroxyl groups excluding tert-OH is 4. The van der Waals surface area contributed by atoms with Crippen LogP contribution in [0.1, 0.15) is 23.7 Å². The molecule has 1 aliphatic heterocycles. The summed E-state index contributed by atoms with van der Waals surface area (Å²) in [5.41, 5.74) is 0.670. The van der Waals surface area contributed by atoms with Crippen molar-refractivity contribution in [1.29, 1.82) is 0 Å². The van der Waals surface area contributed by atoms with Crippen molar-refractivity contribution >= 4 is 0 Å². The number of aryl methyl sites for hydroxylation is 1. The average molecular weight is 214 g/mol. The summed E-state index contributed by atoms with van der Waals surface area (Å²) >= 11 is 0. The summed E-state index contributed by atoms with van der Waals surface area (Å²) in [7, 11) is 0. The number of aliphatic hydroxyl groups is 4. The van der Waals surface area contributed by atoms with Crippen LogP contribution in [-0.2, 0) is 0 Å². The van der Waals surface area contributed by atoms with Gasteiger partial charge in [-0.05, 0) is 6.92 Å². The van der Waals surface area contributed by atoms with Crippen molar-refractivity contribution in [2.45, 2.75) is 31.3 Å². The maximum Gasteiger partial charge on any atom is 0.141 e. The molecule has 0 aliphatic carbocycles. The van der Waals surface area contributed by atoms with E-state index >= 15 is 0 Å². The SMILES string of the molecule is Cc1cn2c(n1)[C@@H](O)[C@@H](O)[C@H](O)[C@H]2CO. The number of nitrogens with zero attached hydrogens (tertiary/aromatic N) is 2. The van der Waals surface area contributed by atoms with E-state index in [1.165, 1.54) is 4.57 Å². The van der Waals surface area contributed by atoms with Crippen molar-refractivity contribution in [3.05, 3.63) is 17.7 Å². The molecule has 0 radical (unpaired) electrons. The van der Waals surface area contributed by atoms with Crippen molar-refractivity contribution in [2.75, 3.05) is 6.61 Å². The molecule has 0 amide bonds. The van der Waals surface area contributed by atoms with Crippen molar-refractivity contribution in [2.24, 2.45) is 0 Å². The lowest BCUT2D eigenvalue weighted by molar-refractivity contribution is -0.108. The molecule has 0 bridgehead atoms. The molecule has 6 heteroatoms. The van der Waals surface area contributed by atoms with Crippen molar-refractivity contribution in [3.8, 4) is 0 Å². The maximum absolute atomic E-state index is 9.65. The minimum absolute atomic E-state index is 0.282. The molecular formula is C9H14N2O4. The van der Waals surface area contributed by atoms with E-state index in [1.807, 2.05) is 0 Å². The average Bonchev–Trinajstić information content (AvgIpc) is 2.58. The third-order valence-corrected chi connectivity index (χ3v) is 2.76. The van der Waals surface area contributed by atoms with Gasteiger partial charge in [0.1, 0.15) is 24.1 Å². The second-order valence-corrected chi connectivity index (χ2v) is 3.82. The van der Waals surface area contributed by atoms with Gasteiger partial charge in [-0.1, -0.05) is 0 Å². The zero-order chi connectivity index (χ0) is 11.2. The molecule has 0 saturated heterocycles. The minimum Gasteiger partial charge on any atom is -0.394 e. The Bertz CT molecular complexity index is 365. The third kappa shape index (κ3) is 1.46. The lowest BCUT2D eigenvalue weighted by Gasteiger charge is -2.35. The largest absolute Gasteiger partial charge is 0.394 e. The van der Waals surface area contributed by atoms with Crippen LogP contribution in [0, 0.1) is 6.92 Å². The van der Waals surface area contributed by atoms with Crippen LogP contribution in [0.3, 0.4) is 0 Å². The predicted molar refractivity (Wildman–Crippen MR) is 50.1 cm³/mol. The molecule has 2 heterocycles. The molecule has 6 nitrogen and oxygen atoms in total. The Morgan fingerprint density at radius 1 is 1.33 bits per heavy atom. The fourth-order valence-corrected chi connectivity index (χ4v) is 1.95. The highest BCUT2D eigenvalue weighted by Gasteiger charge is 2.41. The standard InChI is InChI=1S/C9H14N2O4/c1-4-2-11-5(3-12)6(13)7(14)8(15)9(11)10-4/h2,5-8,12-15H,3H2,1H3/t5-,6-,7+,8+/m1/s1. The summed E-state index contributed by atoms with van der Waals surface area (Å²) in [6.45, 7) is 1.43. The molecule has 2 rings (SSSR count). The van der Waals surface area contributed by atoms with Gasteiger partial charge in [0.2, 0.25) is 0 Å². The Kier molecular flexibility index (Phi) is 2.51. The summed E-state index contributed by atoms with van der Waals surface area (Å²) in [4.78, 5) is 4.05. The van der Waals surface area contributed by atoms with Gasteiger partial charge in [0.25, 0.3) is 0 Å². The summed E-state index contributed by atoms with van der Waals surface area (Å²) in [5.74, 6) is 0.282. The van der Waals surface area contributed by atoms with Gasteiger partial charge in [-0.2, -0.15) is 0 Å². The van der Waals surface area contributed by atoms with E-state index in [-0.39, 0.29) is 12.4 Å². The fourth-order valence-electron chi connectivity index (χ4n) is 1.95. The molecule has 0 aromatic carbocycles. The van der Waals surface area contributed by atoms with Crippen LogP contribution < -0.4 is 0 Å². The lowest BCUT2D eigenvalue weighted by Crippen LogP contribution is -2.46. The first-order chi connectivity index (χ1) is 7.06. The van der Waals surface area contributed by atoms with Crippen molar-refractivity contribution in [1.82, 2.24) is 9.55 Å². The highest BCUT2D eigenvalue weighted by Crippen LogP contribution is 2.31. The molecule has 0 fully saturated rings. The van der Waals surface area contributed by atoms with Crippen LogP contribution >= 0.6 is 0 Å². The number of rotatable bonds is 1. The number of aromatic nitrogens is 2. The summed E-state index contributed by atoms with van der Waals surface area (Å²) in [6, 6.07) is -0.653. The second-order valence-electron chi connectivity index (χ2n) is 3.82. The quantitative estimate of drug-likeness (QED) is 0.456. The Labute approximate surface area is 86.4 Å². The number of hydrogen-bond donors (Lipinski definition) is 4. The van der Waals surface area contributed by atoms with Gasteiger partial charge in [0.15, 0.2) is 0 Å². The zero-order valence-electron chi connectivity index (χ0n) is 8.28. The normalized spacial score (nSPS) is 35.3. The first kappa shape index (κ1) is 10.6. The molecule has 4 N–H and O–H groups in total. The topological polar surface area (TPSA) is 98.7 Å². The Morgan fingerprint density at radius 3 is 2.60 bits per heavy atom. The second kappa shape index (κ2) is 3.57. The minimum atomic E-state index is -1.31. The molecule has 15 heavy (non-hydrogen) atoms. The number of fused-ring (bicyclic) bond motifs is 1. The van der Waals surface area contributed by atoms with E-state index in [9.17, 15) is 15.3 Å². The molecule has 1 aromatic heterocycles. The molecule has 0 spiro atoms. The number of imidazole rings is 1. The fraction of sp³-hybridized carbons (Fsp3) is 0.667. The molecule has 1 aliphatic rings. The molecule has 4 atom stereocenters. The van der Waals surface area contributed by atoms with Gasteiger partial charge in [0.05, 0.1) is 18.3 Å². The lowest BCUT2D eigenvalue weighted by atomic mass is 9.96. The van der Waals surface area contributed by atoms with E-state index < -0.39 is 24.4 Å². The highest BCUT2D eigenvalue weighted by atomic mass is 16.4. The van der Waals surface area contributed by atoms with Gasteiger partial charge in [-0.3, -0.25) is 0 Å².